The lowest BCUT2D eigenvalue weighted by molar-refractivity contribution is 0.260. The first-order valence-electron chi connectivity index (χ1n) is 7.63. The van der Waals surface area contributed by atoms with Crippen molar-refractivity contribution in [2.24, 2.45) is 0 Å². The van der Waals surface area contributed by atoms with Crippen molar-refractivity contribution in [1.29, 1.82) is 0 Å². The van der Waals surface area contributed by atoms with Crippen LogP contribution in [0, 0.1) is 0 Å². The van der Waals surface area contributed by atoms with Crippen molar-refractivity contribution in [3.8, 4) is 11.3 Å². The molecule has 1 aliphatic rings. The van der Waals surface area contributed by atoms with Crippen LogP contribution in [0.15, 0.2) is 46.9 Å². The second-order valence-corrected chi connectivity index (χ2v) is 8.41. The highest BCUT2D eigenvalue weighted by atomic mass is 32.2. The van der Waals surface area contributed by atoms with Crippen molar-refractivity contribution < 1.29 is 12.8 Å². The van der Waals surface area contributed by atoms with Gasteiger partial charge in [0.25, 0.3) is 0 Å². The molecule has 2 aromatic rings. The summed E-state index contributed by atoms with van der Waals surface area (Å²) in [6, 6.07) is 13.9. The standard InChI is InChI=1S/C17H21NO3S/c1-14-9-10-18(11-12-22(14,19)20)13-16-7-8-17(21-16)15-5-3-2-4-6-15/h2-8,14H,9-13H2,1H3. The topological polar surface area (TPSA) is 50.5 Å². The number of benzene rings is 1. The molecular formula is C17H21NO3S. The highest BCUT2D eigenvalue weighted by Gasteiger charge is 2.26. The molecule has 0 radical (unpaired) electrons. The Morgan fingerprint density at radius 3 is 2.68 bits per heavy atom. The minimum atomic E-state index is -2.93. The second-order valence-electron chi connectivity index (χ2n) is 5.87. The molecule has 0 amide bonds. The monoisotopic (exact) mass is 319 g/mol. The van der Waals surface area contributed by atoms with Crippen LogP contribution in [0.1, 0.15) is 19.1 Å². The molecular weight excluding hydrogens is 298 g/mol. The van der Waals surface area contributed by atoms with E-state index in [1.54, 1.807) is 6.92 Å². The first kappa shape index (κ1) is 15.3. The van der Waals surface area contributed by atoms with E-state index in [4.69, 9.17) is 4.42 Å². The van der Waals surface area contributed by atoms with Crippen LogP contribution in [0.5, 0.6) is 0 Å². The zero-order valence-corrected chi connectivity index (χ0v) is 13.6. The highest BCUT2D eigenvalue weighted by Crippen LogP contribution is 2.23. The fraction of sp³-hybridized carbons (Fsp3) is 0.412. The van der Waals surface area contributed by atoms with E-state index < -0.39 is 9.84 Å². The summed E-state index contributed by atoms with van der Waals surface area (Å²) in [5.41, 5.74) is 1.06. The van der Waals surface area contributed by atoms with Gasteiger partial charge in [0.2, 0.25) is 0 Å². The quantitative estimate of drug-likeness (QED) is 0.873. The molecule has 3 rings (SSSR count). The van der Waals surface area contributed by atoms with Crippen LogP contribution in [-0.4, -0.2) is 37.4 Å². The Morgan fingerprint density at radius 1 is 1.14 bits per heavy atom. The first-order chi connectivity index (χ1) is 10.5. The molecule has 1 aromatic heterocycles. The van der Waals surface area contributed by atoms with Gasteiger partial charge in [0.1, 0.15) is 11.5 Å². The molecule has 4 nitrogen and oxygen atoms in total. The third-order valence-corrected chi connectivity index (χ3v) is 6.47. The van der Waals surface area contributed by atoms with Gasteiger partial charge in [-0.1, -0.05) is 30.3 Å². The zero-order valence-electron chi connectivity index (χ0n) is 12.7. The maximum absolute atomic E-state index is 11.9. The molecule has 0 bridgehead atoms. The first-order valence-corrected chi connectivity index (χ1v) is 9.34. The predicted molar refractivity (Wildman–Crippen MR) is 87.3 cm³/mol. The summed E-state index contributed by atoms with van der Waals surface area (Å²) in [5, 5.41) is -0.242. The smallest absolute Gasteiger partial charge is 0.154 e. The Morgan fingerprint density at radius 2 is 1.91 bits per heavy atom. The number of hydrogen-bond donors (Lipinski definition) is 0. The van der Waals surface area contributed by atoms with E-state index in [1.807, 2.05) is 42.5 Å². The van der Waals surface area contributed by atoms with E-state index in [1.165, 1.54) is 0 Å². The lowest BCUT2D eigenvalue weighted by Gasteiger charge is -2.17. The molecule has 22 heavy (non-hydrogen) atoms. The molecule has 0 spiro atoms. The molecule has 1 atom stereocenters. The normalized spacial score (nSPS) is 22.3. The Bertz CT molecular complexity index is 721. The van der Waals surface area contributed by atoms with E-state index in [-0.39, 0.29) is 11.0 Å². The average molecular weight is 319 g/mol. The van der Waals surface area contributed by atoms with Gasteiger partial charge in [-0.3, -0.25) is 4.90 Å². The molecule has 1 unspecified atom stereocenters. The van der Waals surface area contributed by atoms with Gasteiger partial charge in [-0.25, -0.2) is 8.42 Å². The maximum Gasteiger partial charge on any atom is 0.154 e. The van der Waals surface area contributed by atoms with Gasteiger partial charge < -0.3 is 4.42 Å². The highest BCUT2D eigenvalue weighted by molar-refractivity contribution is 7.92. The second kappa shape index (κ2) is 6.26. The number of hydrogen-bond acceptors (Lipinski definition) is 4. The average Bonchev–Trinajstić information content (AvgIpc) is 2.94. The van der Waals surface area contributed by atoms with Gasteiger partial charge in [0.05, 0.1) is 17.5 Å². The third-order valence-electron chi connectivity index (χ3n) is 4.26. The SMILES string of the molecule is CC1CCN(Cc2ccc(-c3ccccc3)o2)CCS1(=O)=O. The molecule has 1 aromatic carbocycles. The van der Waals surface area contributed by atoms with Crippen molar-refractivity contribution in [3.63, 3.8) is 0 Å². The number of nitrogens with zero attached hydrogens (tertiary/aromatic N) is 1. The van der Waals surface area contributed by atoms with Gasteiger partial charge in [-0.05, 0) is 32.0 Å². The molecule has 118 valence electrons. The summed E-state index contributed by atoms with van der Waals surface area (Å²) in [6.45, 7) is 3.84. The zero-order chi connectivity index (χ0) is 15.6. The summed E-state index contributed by atoms with van der Waals surface area (Å²) < 4.78 is 29.8. The lowest BCUT2D eigenvalue weighted by Crippen LogP contribution is -2.26. The van der Waals surface area contributed by atoms with Crippen LogP contribution in [0.2, 0.25) is 0 Å². The van der Waals surface area contributed by atoms with Gasteiger partial charge in [0.15, 0.2) is 9.84 Å². The number of rotatable bonds is 3. The largest absolute Gasteiger partial charge is 0.460 e. The number of furan rings is 1. The van der Waals surface area contributed by atoms with Gasteiger partial charge >= 0.3 is 0 Å². The Labute approximate surface area is 131 Å². The number of sulfone groups is 1. The van der Waals surface area contributed by atoms with Crippen LogP contribution in [0.3, 0.4) is 0 Å². The molecule has 0 saturated carbocycles. The predicted octanol–water partition coefficient (Wildman–Crippen LogP) is 2.96. The van der Waals surface area contributed by atoms with E-state index in [0.717, 1.165) is 23.6 Å². The third kappa shape index (κ3) is 3.42. The fourth-order valence-electron chi connectivity index (χ4n) is 2.71. The van der Waals surface area contributed by atoms with Gasteiger partial charge in [-0.2, -0.15) is 0 Å². The molecule has 1 fully saturated rings. The van der Waals surface area contributed by atoms with Crippen molar-refractivity contribution in [3.05, 3.63) is 48.2 Å². The minimum Gasteiger partial charge on any atom is -0.460 e. The van der Waals surface area contributed by atoms with Crippen molar-refractivity contribution in [2.45, 2.75) is 25.1 Å². The molecule has 1 saturated heterocycles. The summed E-state index contributed by atoms with van der Waals surface area (Å²) in [5.74, 6) is 1.97. The van der Waals surface area contributed by atoms with Crippen LogP contribution in [-0.2, 0) is 16.4 Å². The van der Waals surface area contributed by atoms with E-state index in [0.29, 0.717) is 19.5 Å². The van der Waals surface area contributed by atoms with Gasteiger partial charge in [0, 0.05) is 12.1 Å². The van der Waals surface area contributed by atoms with Crippen molar-refractivity contribution >= 4 is 9.84 Å². The molecule has 5 heteroatoms. The fourth-order valence-corrected chi connectivity index (χ4v) is 4.09. The maximum atomic E-state index is 11.9. The molecule has 2 heterocycles. The molecule has 0 aliphatic carbocycles. The summed E-state index contributed by atoms with van der Waals surface area (Å²) in [4.78, 5) is 2.16. The summed E-state index contributed by atoms with van der Waals surface area (Å²) >= 11 is 0. The summed E-state index contributed by atoms with van der Waals surface area (Å²) in [6.07, 6.45) is 0.689. The van der Waals surface area contributed by atoms with Crippen LogP contribution < -0.4 is 0 Å². The lowest BCUT2D eigenvalue weighted by atomic mass is 10.2. The van der Waals surface area contributed by atoms with Crippen LogP contribution in [0.4, 0.5) is 0 Å². The Kier molecular flexibility index (Phi) is 4.36. The Balaban J connectivity index is 1.68. The van der Waals surface area contributed by atoms with Crippen molar-refractivity contribution in [1.82, 2.24) is 4.90 Å². The minimum absolute atomic E-state index is 0.237. The van der Waals surface area contributed by atoms with Crippen LogP contribution >= 0.6 is 0 Å². The van der Waals surface area contributed by atoms with E-state index in [2.05, 4.69) is 4.90 Å². The summed E-state index contributed by atoms with van der Waals surface area (Å²) in [7, 11) is -2.93. The molecule has 0 N–H and O–H groups in total. The van der Waals surface area contributed by atoms with E-state index in [9.17, 15) is 8.42 Å². The van der Waals surface area contributed by atoms with Crippen molar-refractivity contribution in [2.75, 3.05) is 18.8 Å². The molecule has 1 aliphatic heterocycles. The van der Waals surface area contributed by atoms with Crippen LogP contribution in [0.25, 0.3) is 11.3 Å². The Hall–Kier alpha value is -1.59. The van der Waals surface area contributed by atoms with Gasteiger partial charge in [-0.15, -0.1) is 0 Å². The van der Waals surface area contributed by atoms with E-state index >= 15 is 0 Å².